The van der Waals surface area contributed by atoms with Gasteiger partial charge in [-0.3, -0.25) is 9.78 Å². The first kappa shape index (κ1) is 14.8. The average Bonchev–Trinajstić information content (AvgIpc) is 2.45. The maximum absolute atomic E-state index is 11.9. The molecule has 0 aliphatic carbocycles. The average molecular weight is 287 g/mol. The summed E-state index contributed by atoms with van der Waals surface area (Å²) in [5, 5.41) is 14.9. The number of hydrogen-bond acceptors (Lipinski definition) is 3. The second kappa shape index (κ2) is 6.69. The molecule has 1 unspecified atom stereocenters. The van der Waals surface area contributed by atoms with Gasteiger partial charge in [0.05, 0.1) is 11.2 Å². The van der Waals surface area contributed by atoms with Crippen molar-refractivity contribution in [2.45, 2.75) is 13.3 Å². The minimum Gasteiger partial charge on any atom is -0.481 e. The summed E-state index contributed by atoms with van der Waals surface area (Å²) in [7, 11) is 0. The first-order valence-electron chi connectivity index (χ1n) is 6.66. The fourth-order valence-corrected chi connectivity index (χ4v) is 2.02. The zero-order valence-corrected chi connectivity index (χ0v) is 11.7. The number of nitrogens with zero attached hydrogens (tertiary/aromatic N) is 1. The van der Waals surface area contributed by atoms with Crippen LogP contribution in [0.2, 0.25) is 0 Å². The SMILES string of the molecule is CC(CNC(=O)Nc1cccc2ncccc12)CC(=O)O. The molecule has 0 fully saturated rings. The monoisotopic (exact) mass is 287 g/mol. The van der Waals surface area contributed by atoms with Crippen molar-refractivity contribution in [3.05, 3.63) is 36.5 Å². The molecule has 21 heavy (non-hydrogen) atoms. The smallest absolute Gasteiger partial charge is 0.319 e. The number of carboxylic acid groups (broad SMARTS) is 1. The van der Waals surface area contributed by atoms with Crippen LogP contribution in [-0.2, 0) is 4.79 Å². The van der Waals surface area contributed by atoms with E-state index < -0.39 is 5.97 Å². The quantitative estimate of drug-likeness (QED) is 0.787. The number of rotatable bonds is 5. The van der Waals surface area contributed by atoms with E-state index in [4.69, 9.17) is 5.11 Å². The molecule has 0 saturated heterocycles. The lowest BCUT2D eigenvalue weighted by Gasteiger charge is -2.12. The number of benzene rings is 1. The van der Waals surface area contributed by atoms with E-state index in [1.807, 2.05) is 18.2 Å². The lowest BCUT2D eigenvalue weighted by atomic mass is 10.1. The fourth-order valence-electron chi connectivity index (χ4n) is 2.02. The van der Waals surface area contributed by atoms with Crippen LogP contribution in [0.4, 0.5) is 10.5 Å². The van der Waals surface area contributed by atoms with E-state index in [-0.39, 0.29) is 18.4 Å². The van der Waals surface area contributed by atoms with Gasteiger partial charge in [-0.05, 0) is 30.2 Å². The molecular weight excluding hydrogens is 270 g/mol. The number of amides is 2. The number of aromatic nitrogens is 1. The number of carbonyl (C=O) groups is 2. The van der Waals surface area contributed by atoms with E-state index in [2.05, 4.69) is 15.6 Å². The van der Waals surface area contributed by atoms with Crippen LogP contribution in [0.3, 0.4) is 0 Å². The summed E-state index contributed by atoms with van der Waals surface area (Å²) >= 11 is 0. The number of carboxylic acids is 1. The molecule has 1 aromatic heterocycles. The van der Waals surface area contributed by atoms with Crippen molar-refractivity contribution >= 4 is 28.6 Å². The van der Waals surface area contributed by atoms with Crippen LogP contribution in [0.15, 0.2) is 36.5 Å². The molecule has 0 saturated carbocycles. The topological polar surface area (TPSA) is 91.3 Å². The number of anilines is 1. The van der Waals surface area contributed by atoms with Crippen LogP contribution < -0.4 is 10.6 Å². The van der Waals surface area contributed by atoms with Gasteiger partial charge in [0.25, 0.3) is 0 Å². The molecule has 0 radical (unpaired) electrons. The maximum atomic E-state index is 11.9. The molecule has 6 nitrogen and oxygen atoms in total. The first-order valence-corrected chi connectivity index (χ1v) is 6.66. The standard InChI is InChI=1S/C15H17N3O3/c1-10(8-14(19)20)9-17-15(21)18-13-6-2-5-12-11(13)4-3-7-16-12/h2-7,10H,8-9H2,1H3,(H,19,20)(H2,17,18,21). The Hall–Kier alpha value is -2.63. The Balaban J connectivity index is 1.97. The largest absolute Gasteiger partial charge is 0.481 e. The number of hydrogen-bond donors (Lipinski definition) is 3. The molecule has 1 heterocycles. The molecule has 0 spiro atoms. The zero-order valence-electron chi connectivity index (χ0n) is 11.7. The molecule has 0 aliphatic heterocycles. The van der Waals surface area contributed by atoms with Crippen LogP contribution in [0.1, 0.15) is 13.3 Å². The van der Waals surface area contributed by atoms with Crippen LogP contribution >= 0.6 is 0 Å². The summed E-state index contributed by atoms with van der Waals surface area (Å²) in [5.41, 5.74) is 1.47. The van der Waals surface area contributed by atoms with Crippen molar-refractivity contribution in [3.8, 4) is 0 Å². The summed E-state index contributed by atoms with van der Waals surface area (Å²) in [5.74, 6) is -0.993. The molecular formula is C15H17N3O3. The number of nitrogens with one attached hydrogen (secondary N) is 2. The summed E-state index contributed by atoms with van der Waals surface area (Å²) in [6, 6.07) is 8.81. The number of carbonyl (C=O) groups excluding carboxylic acids is 1. The summed E-state index contributed by atoms with van der Waals surface area (Å²) in [6.07, 6.45) is 1.72. The Labute approximate surface area is 122 Å². The van der Waals surface area contributed by atoms with E-state index in [0.29, 0.717) is 12.2 Å². The van der Waals surface area contributed by atoms with Crippen LogP contribution in [0, 0.1) is 5.92 Å². The number of urea groups is 1. The molecule has 2 amide bonds. The molecule has 1 aromatic carbocycles. The molecule has 110 valence electrons. The Kier molecular flexibility index (Phi) is 4.71. The number of fused-ring (bicyclic) bond motifs is 1. The Morgan fingerprint density at radius 2 is 2.10 bits per heavy atom. The van der Waals surface area contributed by atoms with E-state index in [1.54, 1.807) is 25.3 Å². The highest BCUT2D eigenvalue weighted by molar-refractivity contribution is 6.00. The van der Waals surface area contributed by atoms with Gasteiger partial charge in [-0.25, -0.2) is 4.79 Å². The van der Waals surface area contributed by atoms with Crippen molar-refractivity contribution in [2.75, 3.05) is 11.9 Å². The van der Waals surface area contributed by atoms with E-state index in [9.17, 15) is 9.59 Å². The second-order valence-electron chi connectivity index (χ2n) is 4.91. The Bertz CT molecular complexity index is 652. The molecule has 2 aromatic rings. The van der Waals surface area contributed by atoms with Gasteiger partial charge >= 0.3 is 12.0 Å². The molecule has 6 heteroatoms. The molecule has 0 bridgehead atoms. The van der Waals surface area contributed by atoms with E-state index >= 15 is 0 Å². The van der Waals surface area contributed by atoms with Crippen LogP contribution in [0.25, 0.3) is 10.9 Å². The van der Waals surface area contributed by atoms with Crippen molar-refractivity contribution in [1.82, 2.24) is 10.3 Å². The van der Waals surface area contributed by atoms with Crippen molar-refractivity contribution in [1.29, 1.82) is 0 Å². The highest BCUT2D eigenvalue weighted by atomic mass is 16.4. The van der Waals surface area contributed by atoms with E-state index in [0.717, 1.165) is 10.9 Å². The summed E-state index contributed by atoms with van der Waals surface area (Å²) < 4.78 is 0. The van der Waals surface area contributed by atoms with Gasteiger partial charge in [0.15, 0.2) is 0 Å². The minimum absolute atomic E-state index is 0.0263. The third kappa shape index (κ3) is 4.17. The predicted molar refractivity (Wildman–Crippen MR) is 80.2 cm³/mol. The summed E-state index contributed by atoms with van der Waals surface area (Å²) in [6.45, 7) is 2.08. The first-order chi connectivity index (χ1) is 10.1. The molecule has 0 aliphatic rings. The Morgan fingerprint density at radius 3 is 2.86 bits per heavy atom. The fraction of sp³-hybridized carbons (Fsp3) is 0.267. The van der Waals surface area contributed by atoms with Gasteiger partial charge < -0.3 is 15.7 Å². The highest BCUT2D eigenvalue weighted by Crippen LogP contribution is 2.20. The number of pyridine rings is 1. The maximum Gasteiger partial charge on any atom is 0.319 e. The zero-order chi connectivity index (χ0) is 15.2. The third-order valence-corrected chi connectivity index (χ3v) is 3.03. The van der Waals surface area contributed by atoms with Crippen molar-refractivity contribution in [2.24, 2.45) is 5.92 Å². The van der Waals surface area contributed by atoms with Gasteiger partial charge in [-0.15, -0.1) is 0 Å². The van der Waals surface area contributed by atoms with E-state index in [1.165, 1.54) is 0 Å². The highest BCUT2D eigenvalue weighted by Gasteiger charge is 2.10. The lowest BCUT2D eigenvalue weighted by molar-refractivity contribution is -0.137. The van der Waals surface area contributed by atoms with Gasteiger partial charge in [-0.2, -0.15) is 0 Å². The van der Waals surface area contributed by atoms with Crippen molar-refractivity contribution in [3.63, 3.8) is 0 Å². The minimum atomic E-state index is -0.871. The normalized spacial score (nSPS) is 11.9. The van der Waals surface area contributed by atoms with Crippen molar-refractivity contribution < 1.29 is 14.7 Å². The van der Waals surface area contributed by atoms with Gasteiger partial charge in [0.2, 0.25) is 0 Å². The predicted octanol–water partition coefficient (Wildman–Crippen LogP) is 2.47. The number of aliphatic carboxylic acids is 1. The van der Waals surface area contributed by atoms with Gasteiger partial charge in [0, 0.05) is 24.5 Å². The van der Waals surface area contributed by atoms with Crippen LogP contribution in [0.5, 0.6) is 0 Å². The Morgan fingerprint density at radius 1 is 1.29 bits per heavy atom. The second-order valence-corrected chi connectivity index (χ2v) is 4.91. The molecule has 1 atom stereocenters. The third-order valence-electron chi connectivity index (χ3n) is 3.03. The van der Waals surface area contributed by atoms with Gasteiger partial charge in [0.1, 0.15) is 0 Å². The lowest BCUT2D eigenvalue weighted by Crippen LogP contribution is -2.33. The summed E-state index contributed by atoms with van der Waals surface area (Å²) in [4.78, 5) is 26.6. The molecule has 3 N–H and O–H groups in total. The van der Waals surface area contributed by atoms with Gasteiger partial charge in [-0.1, -0.05) is 13.0 Å². The van der Waals surface area contributed by atoms with Crippen LogP contribution in [-0.4, -0.2) is 28.6 Å². The molecule has 2 rings (SSSR count).